The van der Waals surface area contributed by atoms with Gasteiger partial charge < -0.3 is 9.88 Å². The Morgan fingerprint density at radius 2 is 1.97 bits per heavy atom. The molecule has 0 saturated carbocycles. The summed E-state index contributed by atoms with van der Waals surface area (Å²) in [6.45, 7) is 5.93. The summed E-state index contributed by atoms with van der Waals surface area (Å²) in [7, 11) is 0. The van der Waals surface area contributed by atoms with E-state index >= 15 is 0 Å². The molecule has 0 spiro atoms. The van der Waals surface area contributed by atoms with Crippen LogP contribution in [-0.4, -0.2) is 48.6 Å². The number of nitrogens with zero attached hydrogens (tertiary/aromatic N) is 5. The highest BCUT2D eigenvalue weighted by atomic mass is 16.2. The van der Waals surface area contributed by atoms with Crippen LogP contribution < -0.4 is 0 Å². The number of H-pyrrole nitrogens is 1. The van der Waals surface area contributed by atoms with Crippen molar-refractivity contribution in [2.75, 3.05) is 13.1 Å². The van der Waals surface area contributed by atoms with Gasteiger partial charge in [0.2, 0.25) is 5.91 Å². The Balaban J connectivity index is 1.39. The summed E-state index contributed by atoms with van der Waals surface area (Å²) in [6.07, 6.45) is 6.19. The second-order valence-electron chi connectivity index (χ2n) is 8.55. The molecule has 7 heteroatoms. The van der Waals surface area contributed by atoms with Gasteiger partial charge in [0.1, 0.15) is 11.6 Å². The van der Waals surface area contributed by atoms with Gasteiger partial charge in [0.05, 0.1) is 6.54 Å². The first-order valence-electron chi connectivity index (χ1n) is 11.3. The lowest BCUT2D eigenvalue weighted by Crippen LogP contribution is -2.39. The molecule has 1 saturated heterocycles. The number of aryl methyl sites for hydroxylation is 3. The van der Waals surface area contributed by atoms with Crippen molar-refractivity contribution in [1.29, 1.82) is 0 Å². The first kappa shape index (κ1) is 20.4. The van der Waals surface area contributed by atoms with E-state index in [-0.39, 0.29) is 11.8 Å². The van der Waals surface area contributed by atoms with Crippen molar-refractivity contribution < 1.29 is 4.79 Å². The van der Waals surface area contributed by atoms with Crippen LogP contribution in [0, 0.1) is 13.8 Å². The summed E-state index contributed by atoms with van der Waals surface area (Å²) < 4.78 is 1.83. The highest BCUT2D eigenvalue weighted by Gasteiger charge is 2.28. The molecule has 1 atom stereocenters. The molecule has 3 aromatic heterocycles. The predicted molar refractivity (Wildman–Crippen MR) is 124 cm³/mol. The summed E-state index contributed by atoms with van der Waals surface area (Å²) >= 11 is 0. The minimum absolute atomic E-state index is 0.184. The normalized spacial score (nSPS) is 16.6. The number of piperidine rings is 1. The van der Waals surface area contributed by atoms with Gasteiger partial charge in [-0.1, -0.05) is 18.2 Å². The maximum Gasteiger partial charge on any atom is 0.224 e. The van der Waals surface area contributed by atoms with E-state index in [1.807, 2.05) is 35.8 Å². The summed E-state index contributed by atoms with van der Waals surface area (Å²) in [5.41, 5.74) is 4.75. The van der Waals surface area contributed by atoms with E-state index < -0.39 is 0 Å². The Bertz CT molecular complexity index is 1240. The quantitative estimate of drug-likeness (QED) is 0.516. The summed E-state index contributed by atoms with van der Waals surface area (Å²) in [5, 5.41) is 5.60. The van der Waals surface area contributed by atoms with Crippen molar-refractivity contribution in [2.24, 2.45) is 0 Å². The Morgan fingerprint density at radius 1 is 1.16 bits per heavy atom. The van der Waals surface area contributed by atoms with Gasteiger partial charge >= 0.3 is 0 Å². The molecule has 5 rings (SSSR count). The van der Waals surface area contributed by atoms with Crippen LogP contribution in [0.2, 0.25) is 0 Å². The molecule has 1 fully saturated rings. The molecule has 1 aromatic carbocycles. The van der Waals surface area contributed by atoms with E-state index in [0.717, 1.165) is 48.7 Å². The van der Waals surface area contributed by atoms with E-state index in [4.69, 9.17) is 0 Å². The maximum absolute atomic E-state index is 13.0. The van der Waals surface area contributed by atoms with Gasteiger partial charge in [-0.15, -0.1) is 0 Å². The zero-order chi connectivity index (χ0) is 22.1. The molecule has 1 amide bonds. The third-order valence-corrected chi connectivity index (χ3v) is 6.39. The number of carbonyl (C=O) groups is 1. The number of amides is 1. The number of nitrogens with one attached hydrogen (secondary N) is 1. The Morgan fingerprint density at radius 3 is 2.75 bits per heavy atom. The molecule has 1 N–H and O–H groups in total. The number of benzene rings is 1. The van der Waals surface area contributed by atoms with Crippen LogP contribution in [0.25, 0.3) is 22.0 Å². The molecule has 0 unspecified atom stereocenters. The number of hydrogen-bond acceptors (Lipinski definition) is 4. The van der Waals surface area contributed by atoms with Crippen molar-refractivity contribution >= 4 is 16.8 Å². The second-order valence-corrected chi connectivity index (χ2v) is 8.55. The number of pyridine rings is 1. The first-order valence-corrected chi connectivity index (χ1v) is 11.3. The van der Waals surface area contributed by atoms with E-state index in [1.165, 1.54) is 16.6 Å². The SMILES string of the molecule is Cc1nc(C)n(CCC(=O)N2CCC[C@@H](c3[nH]c4ccccc4c3-c3ccncc3)C2)n1. The number of aromatic nitrogens is 5. The third-order valence-electron chi connectivity index (χ3n) is 6.39. The molecule has 0 aliphatic carbocycles. The molecule has 7 nitrogen and oxygen atoms in total. The van der Waals surface area contributed by atoms with Crippen LogP contribution in [0.15, 0.2) is 48.8 Å². The maximum atomic E-state index is 13.0. The first-order chi connectivity index (χ1) is 15.6. The predicted octanol–water partition coefficient (Wildman–Crippen LogP) is 4.23. The smallest absolute Gasteiger partial charge is 0.224 e. The number of hydrogen-bond donors (Lipinski definition) is 1. The molecule has 4 heterocycles. The van der Waals surface area contributed by atoms with Gasteiger partial charge in [0.15, 0.2) is 0 Å². The van der Waals surface area contributed by atoms with E-state index in [2.05, 4.69) is 56.4 Å². The fourth-order valence-electron chi connectivity index (χ4n) is 4.87. The Hall–Kier alpha value is -3.48. The zero-order valence-corrected chi connectivity index (χ0v) is 18.6. The van der Waals surface area contributed by atoms with Crippen molar-refractivity contribution in [3.63, 3.8) is 0 Å². The summed E-state index contributed by atoms with van der Waals surface area (Å²) in [6, 6.07) is 12.6. The molecule has 0 radical (unpaired) electrons. The molecular formula is C25H28N6O. The van der Waals surface area contributed by atoms with Gasteiger partial charge in [-0.25, -0.2) is 9.67 Å². The number of aromatic amines is 1. The largest absolute Gasteiger partial charge is 0.358 e. The van der Waals surface area contributed by atoms with Crippen molar-refractivity contribution in [3.8, 4) is 11.1 Å². The van der Waals surface area contributed by atoms with Crippen LogP contribution in [0.3, 0.4) is 0 Å². The molecule has 32 heavy (non-hydrogen) atoms. The van der Waals surface area contributed by atoms with Crippen LogP contribution in [0.4, 0.5) is 0 Å². The van der Waals surface area contributed by atoms with Gasteiger partial charge in [-0.05, 0) is 50.5 Å². The van der Waals surface area contributed by atoms with Gasteiger partial charge in [-0.2, -0.15) is 5.10 Å². The molecule has 164 valence electrons. The summed E-state index contributed by atoms with van der Waals surface area (Å²) in [5.74, 6) is 2.06. The third kappa shape index (κ3) is 3.90. The highest BCUT2D eigenvalue weighted by Crippen LogP contribution is 2.39. The Labute approximate surface area is 187 Å². The highest BCUT2D eigenvalue weighted by molar-refractivity contribution is 5.97. The van der Waals surface area contributed by atoms with Crippen LogP contribution >= 0.6 is 0 Å². The lowest BCUT2D eigenvalue weighted by molar-refractivity contribution is -0.132. The van der Waals surface area contributed by atoms with Gasteiger partial charge in [0, 0.05) is 60.0 Å². The fraction of sp³-hybridized carbons (Fsp3) is 0.360. The lowest BCUT2D eigenvalue weighted by Gasteiger charge is -2.33. The second kappa shape index (κ2) is 8.57. The van der Waals surface area contributed by atoms with Crippen LogP contribution in [0.5, 0.6) is 0 Å². The standard InChI is InChI=1S/C25H28N6O/c1-17-27-18(2)31(29-17)15-11-23(32)30-14-5-6-20(16-30)25-24(19-9-12-26-13-10-19)21-7-3-4-8-22(21)28-25/h3-4,7-10,12-13,20,28H,5-6,11,14-16H2,1-2H3/t20-/m1/s1. The van der Waals surface area contributed by atoms with Crippen molar-refractivity contribution in [3.05, 3.63) is 66.1 Å². The summed E-state index contributed by atoms with van der Waals surface area (Å²) in [4.78, 5) is 27.3. The molecule has 0 bridgehead atoms. The van der Waals surface area contributed by atoms with Crippen LogP contribution in [0.1, 0.15) is 42.5 Å². The lowest BCUT2D eigenvalue weighted by atomic mass is 9.89. The minimum atomic E-state index is 0.184. The van der Waals surface area contributed by atoms with Crippen molar-refractivity contribution in [1.82, 2.24) is 29.6 Å². The monoisotopic (exact) mass is 428 g/mol. The fourth-order valence-corrected chi connectivity index (χ4v) is 4.87. The van der Waals surface area contributed by atoms with Gasteiger partial charge in [0.25, 0.3) is 0 Å². The van der Waals surface area contributed by atoms with E-state index in [9.17, 15) is 4.79 Å². The van der Waals surface area contributed by atoms with Crippen LogP contribution in [-0.2, 0) is 11.3 Å². The molecule has 4 aromatic rings. The molecule has 1 aliphatic heterocycles. The zero-order valence-electron chi connectivity index (χ0n) is 18.6. The number of carbonyl (C=O) groups excluding carboxylic acids is 1. The minimum Gasteiger partial charge on any atom is -0.358 e. The average molecular weight is 429 g/mol. The number of para-hydroxylation sites is 1. The molecule has 1 aliphatic rings. The average Bonchev–Trinajstić information content (AvgIpc) is 3.37. The van der Waals surface area contributed by atoms with Gasteiger partial charge in [-0.3, -0.25) is 9.78 Å². The topological polar surface area (TPSA) is 79.7 Å². The number of rotatable bonds is 5. The molecular weight excluding hydrogens is 400 g/mol. The number of fused-ring (bicyclic) bond motifs is 1. The Kier molecular flexibility index (Phi) is 5.47. The van der Waals surface area contributed by atoms with Crippen molar-refractivity contribution in [2.45, 2.75) is 45.6 Å². The number of likely N-dealkylation sites (tertiary alicyclic amines) is 1. The van der Waals surface area contributed by atoms with E-state index in [0.29, 0.717) is 13.0 Å². The van der Waals surface area contributed by atoms with E-state index in [1.54, 1.807) is 0 Å².